The summed E-state index contributed by atoms with van der Waals surface area (Å²) in [6.45, 7) is 9.74. The Morgan fingerprint density at radius 2 is 1.81 bits per heavy atom. The fourth-order valence-corrected chi connectivity index (χ4v) is 4.96. The molecule has 0 unspecified atom stereocenters. The molecule has 2 aromatic rings. The lowest BCUT2D eigenvalue weighted by atomic mass is 9.96. The van der Waals surface area contributed by atoms with Crippen molar-refractivity contribution in [2.45, 2.75) is 45.2 Å². The molecule has 2 fully saturated rings. The Hall–Kier alpha value is -2.38. The van der Waals surface area contributed by atoms with Crippen molar-refractivity contribution in [1.29, 1.82) is 0 Å². The van der Waals surface area contributed by atoms with Crippen LogP contribution in [0.5, 0.6) is 0 Å². The summed E-state index contributed by atoms with van der Waals surface area (Å²) in [6.07, 6.45) is 5.12. The second-order valence-corrected chi connectivity index (χ2v) is 9.51. The first-order valence-corrected chi connectivity index (χ1v) is 12.1. The van der Waals surface area contributed by atoms with Gasteiger partial charge in [0.05, 0.1) is 0 Å². The molecule has 1 aromatic heterocycles. The molecular formula is C25H37N5O2. The summed E-state index contributed by atoms with van der Waals surface area (Å²) < 4.78 is 0. The molecule has 2 aliphatic heterocycles. The summed E-state index contributed by atoms with van der Waals surface area (Å²) >= 11 is 0. The number of carbonyl (C=O) groups is 2. The first-order valence-electron chi connectivity index (χ1n) is 12.1. The van der Waals surface area contributed by atoms with Crippen molar-refractivity contribution >= 4 is 22.7 Å². The molecule has 2 aliphatic rings. The number of amides is 2. The summed E-state index contributed by atoms with van der Waals surface area (Å²) in [7, 11) is 2.19. The van der Waals surface area contributed by atoms with E-state index in [-0.39, 0.29) is 17.7 Å². The number of aromatic amines is 1. The van der Waals surface area contributed by atoms with Crippen molar-refractivity contribution in [3.8, 4) is 0 Å². The summed E-state index contributed by atoms with van der Waals surface area (Å²) in [5.74, 6) is -0.0608. The van der Waals surface area contributed by atoms with Crippen LogP contribution in [-0.2, 0) is 4.79 Å². The molecular weight excluding hydrogens is 402 g/mol. The minimum absolute atomic E-state index is 0.0525. The van der Waals surface area contributed by atoms with Crippen LogP contribution in [-0.4, -0.2) is 89.9 Å². The third kappa shape index (κ3) is 4.99. The van der Waals surface area contributed by atoms with Gasteiger partial charge in [0, 0.05) is 49.5 Å². The highest BCUT2D eigenvalue weighted by atomic mass is 16.2. The van der Waals surface area contributed by atoms with Crippen molar-refractivity contribution in [2.24, 2.45) is 5.92 Å². The maximum absolute atomic E-state index is 13.4. The molecule has 7 nitrogen and oxygen atoms in total. The van der Waals surface area contributed by atoms with Gasteiger partial charge in [-0.3, -0.25) is 14.5 Å². The summed E-state index contributed by atoms with van der Waals surface area (Å²) in [5, 5.41) is 4.12. The Morgan fingerprint density at radius 3 is 2.50 bits per heavy atom. The van der Waals surface area contributed by atoms with Gasteiger partial charge in [-0.15, -0.1) is 0 Å². The van der Waals surface area contributed by atoms with Gasteiger partial charge in [0.25, 0.3) is 5.91 Å². The number of hydrogen-bond donors (Lipinski definition) is 2. The molecule has 2 amide bonds. The third-order valence-electron chi connectivity index (χ3n) is 7.41. The minimum Gasteiger partial charge on any atom is -0.361 e. The second-order valence-electron chi connectivity index (χ2n) is 9.51. The third-order valence-corrected chi connectivity index (χ3v) is 7.41. The molecule has 32 heavy (non-hydrogen) atoms. The van der Waals surface area contributed by atoms with Crippen molar-refractivity contribution < 1.29 is 9.59 Å². The van der Waals surface area contributed by atoms with Crippen LogP contribution in [0.25, 0.3) is 10.9 Å². The van der Waals surface area contributed by atoms with Gasteiger partial charge >= 0.3 is 0 Å². The molecule has 1 aromatic carbocycles. The van der Waals surface area contributed by atoms with Crippen LogP contribution >= 0.6 is 0 Å². The van der Waals surface area contributed by atoms with Gasteiger partial charge in [-0.05, 0) is 62.5 Å². The normalized spacial score (nSPS) is 20.9. The number of rotatable bonds is 6. The summed E-state index contributed by atoms with van der Waals surface area (Å²) in [4.78, 5) is 36.5. The van der Waals surface area contributed by atoms with E-state index >= 15 is 0 Å². The maximum Gasteiger partial charge on any atom is 0.252 e. The molecule has 0 bridgehead atoms. The number of benzene rings is 1. The topological polar surface area (TPSA) is 71.7 Å². The number of nitrogens with zero attached hydrogens (tertiary/aromatic N) is 3. The number of piperazine rings is 1. The molecule has 0 spiro atoms. The number of H-pyrrole nitrogens is 1. The maximum atomic E-state index is 13.4. The number of aromatic nitrogens is 1. The summed E-state index contributed by atoms with van der Waals surface area (Å²) in [5.41, 5.74) is 1.50. The summed E-state index contributed by atoms with van der Waals surface area (Å²) in [6, 6.07) is 7.72. The van der Waals surface area contributed by atoms with E-state index in [0.29, 0.717) is 11.6 Å². The molecule has 0 saturated carbocycles. The predicted molar refractivity (Wildman–Crippen MR) is 128 cm³/mol. The average molecular weight is 440 g/mol. The smallest absolute Gasteiger partial charge is 0.252 e. The van der Waals surface area contributed by atoms with Gasteiger partial charge in [-0.25, -0.2) is 0 Å². The van der Waals surface area contributed by atoms with E-state index in [1.54, 1.807) is 0 Å². The van der Waals surface area contributed by atoms with Gasteiger partial charge in [-0.2, -0.15) is 0 Å². The number of piperidine rings is 1. The Kier molecular flexibility index (Phi) is 7.16. The molecule has 0 aliphatic carbocycles. The lowest BCUT2D eigenvalue weighted by Gasteiger charge is -2.43. The average Bonchev–Trinajstić information content (AvgIpc) is 3.30. The monoisotopic (exact) mass is 439 g/mol. The quantitative estimate of drug-likeness (QED) is 0.726. The number of fused-ring (bicyclic) bond motifs is 1. The largest absolute Gasteiger partial charge is 0.361 e. The lowest BCUT2D eigenvalue weighted by molar-refractivity contribution is -0.136. The van der Waals surface area contributed by atoms with Gasteiger partial charge in [0.2, 0.25) is 5.91 Å². The zero-order chi connectivity index (χ0) is 22.7. The van der Waals surface area contributed by atoms with E-state index in [2.05, 4.69) is 34.1 Å². The van der Waals surface area contributed by atoms with Crippen LogP contribution in [0.4, 0.5) is 0 Å². The highest BCUT2D eigenvalue weighted by molar-refractivity contribution is 6.00. The highest BCUT2D eigenvalue weighted by Gasteiger charge is 2.33. The number of nitrogens with one attached hydrogen (secondary N) is 2. The van der Waals surface area contributed by atoms with E-state index in [1.165, 1.54) is 12.8 Å². The number of carbonyl (C=O) groups excluding carboxylic acids is 2. The SMILES string of the molecule is CC[C@@H](C)[C@@H](NC(=O)c1ccc2cc[nH]c2c1)C(=O)N1CCN(C2CCN(C)CC2)CC1. The first-order chi connectivity index (χ1) is 15.5. The van der Waals surface area contributed by atoms with Crippen molar-refractivity contribution in [2.75, 3.05) is 46.3 Å². The first kappa shape index (κ1) is 22.8. The van der Waals surface area contributed by atoms with Crippen molar-refractivity contribution in [3.05, 3.63) is 36.0 Å². The predicted octanol–water partition coefficient (Wildman–Crippen LogP) is 2.55. The lowest BCUT2D eigenvalue weighted by Crippen LogP contribution is -2.58. The molecule has 4 rings (SSSR count). The van der Waals surface area contributed by atoms with Gasteiger partial charge < -0.3 is 20.1 Å². The van der Waals surface area contributed by atoms with Crippen LogP contribution < -0.4 is 5.32 Å². The van der Waals surface area contributed by atoms with Crippen LogP contribution in [0.2, 0.25) is 0 Å². The Bertz CT molecular complexity index is 925. The molecule has 0 radical (unpaired) electrons. The fraction of sp³-hybridized carbons (Fsp3) is 0.600. The van der Waals surface area contributed by atoms with Crippen LogP contribution in [0.15, 0.2) is 30.5 Å². The van der Waals surface area contributed by atoms with E-state index < -0.39 is 6.04 Å². The van der Waals surface area contributed by atoms with Crippen LogP contribution in [0.3, 0.4) is 0 Å². The Morgan fingerprint density at radius 1 is 1.09 bits per heavy atom. The van der Waals surface area contributed by atoms with Crippen molar-refractivity contribution in [3.63, 3.8) is 0 Å². The highest BCUT2D eigenvalue weighted by Crippen LogP contribution is 2.20. The van der Waals surface area contributed by atoms with E-state index in [0.717, 1.165) is 56.6 Å². The van der Waals surface area contributed by atoms with E-state index in [1.807, 2.05) is 42.3 Å². The van der Waals surface area contributed by atoms with Crippen LogP contribution in [0, 0.1) is 5.92 Å². The van der Waals surface area contributed by atoms with Gasteiger partial charge in [0.15, 0.2) is 0 Å². The molecule has 3 heterocycles. The van der Waals surface area contributed by atoms with E-state index in [9.17, 15) is 9.59 Å². The molecule has 2 atom stereocenters. The molecule has 2 saturated heterocycles. The molecule has 7 heteroatoms. The zero-order valence-electron chi connectivity index (χ0n) is 19.6. The zero-order valence-corrected chi connectivity index (χ0v) is 19.6. The second kappa shape index (κ2) is 10.0. The standard InChI is InChI=1S/C25H37N5O2/c1-4-18(2)23(27-24(31)20-6-5-19-7-10-26-22(19)17-20)25(32)30-15-13-29(14-16-30)21-8-11-28(3)12-9-21/h5-7,10,17-18,21,23,26H,4,8-9,11-16H2,1-3H3,(H,27,31)/t18-,23-/m1/s1. The molecule has 2 N–H and O–H groups in total. The Labute approximate surface area is 191 Å². The van der Waals surface area contributed by atoms with Gasteiger partial charge in [0.1, 0.15) is 6.04 Å². The number of hydrogen-bond acceptors (Lipinski definition) is 4. The number of likely N-dealkylation sites (tertiary alicyclic amines) is 1. The fourth-order valence-electron chi connectivity index (χ4n) is 4.96. The van der Waals surface area contributed by atoms with Crippen LogP contribution in [0.1, 0.15) is 43.5 Å². The Balaban J connectivity index is 1.38. The molecule has 174 valence electrons. The minimum atomic E-state index is -0.498. The van der Waals surface area contributed by atoms with Gasteiger partial charge in [-0.1, -0.05) is 26.3 Å². The van der Waals surface area contributed by atoms with E-state index in [4.69, 9.17) is 0 Å². The van der Waals surface area contributed by atoms with Crippen molar-refractivity contribution in [1.82, 2.24) is 25.0 Å².